The maximum absolute atomic E-state index is 12.6. The van der Waals surface area contributed by atoms with Gasteiger partial charge >= 0.3 is 0 Å². The largest absolute Gasteiger partial charge is 0.353 e. The van der Waals surface area contributed by atoms with Crippen molar-refractivity contribution < 1.29 is 9.59 Å². The van der Waals surface area contributed by atoms with Crippen molar-refractivity contribution in [2.75, 3.05) is 11.4 Å². The second-order valence-electron chi connectivity index (χ2n) is 6.55. The molecule has 3 rings (SSSR count). The third-order valence-corrected chi connectivity index (χ3v) is 5.39. The SMILES string of the molecule is Cl.NC1CCC(NC(=O)C2CCN(c3cc(Cl)ccc3Cl)C2=O)CC1. The van der Waals surface area contributed by atoms with Gasteiger partial charge in [-0.1, -0.05) is 23.2 Å². The number of nitrogens with one attached hydrogen (secondary N) is 1. The third-order valence-electron chi connectivity index (χ3n) is 4.84. The Kier molecular flexibility index (Phi) is 6.97. The topological polar surface area (TPSA) is 75.4 Å². The highest BCUT2D eigenvalue weighted by Crippen LogP contribution is 2.33. The van der Waals surface area contributed by atoms with Crippen molar-refractivity contribution in [3.05, 3.63) is 28.2 Å². The van der Waals surface area contributed by atoms with Crippen LogP contribution >= 0.6 is 35.6 Å². The molecule has 1 heterocycles. The highest BCUT2D eigenvalue weighted by Gasteiger charge is 2.39. The van der Waals surface area contributed by atoms with Gasteiger partial charge in [0.25, 0.3) is 0 Å². The number of benzene rings is 1. The van der Waals surface area contributed by atoms with Crippen molar-refractivity contribution in [1.82, 2.24) is 5.32 Å². The molecule has 0 aromatic heterocycles. The highest BCUT2D eigenvalue weighted by atomic mass is 35.5. The molecule has 2 aliphatic rings. The summed E-state index contributed by atoms with van der Waals surface area (Å²) in [6.45, 7) is 0.465. The van der Waals surface area contributed by atoms with Crippen LogP contribution in [0.2, 0.25) is 10.0 Å². The van der Waals surface area contributed by atoms with Crippen molar-refractivity contribution in [2.24, 2.45) is 11.7 Å². The fourth-order valence-corrected chi connectivity index (χ4v) is 3.81. The molecular weight excluding hydrogens is 385 g/mol. The van der Waals surface area contributed by atoms with Crippen molar-refractivity contribution in [1.29, 1.82) is 0 Å². The van der Waals surface area contributed by atoms with Gasteiger partial charge in [-0.25, -0.2) is 0 Å². The average Bonchev–Trinajstić information content (AvgIpc) is 2.93. The first-order valence-electron chi connectivity index (χ1n) is 8.28. The molecule has 1 aromatic carbocycles. The summed E-state index contributed by atoms with van der Waals surface area (Å²) >= 11 is 12.2. The number of hydrogen-bond acceptors (Lipinski definition) is 3. The van der Waals surface area contributed by atoms with Gasteiger partial charge in [-0.3, -0.25) is 9.59 Å². The zero-order chi connectivity index (χ0) is 17.3. The number of carbonyl (C=O) groups excluding carboxylic acids is 2. The van der Waals surface area contributed by atoms with E-state index < -0.39 is 5.92 Å². The maximum atomic E-state index is 12.6. The number of rotatable bonds is 3. The van der Waals surface area contributed by atoms with Crippen molar-refractivity contribution >= 4 is 53.1 Å². The van der Waals surface area contributed by atoms with Gasteiger partial charge in [0, 0.05) is 23.7 Å². The summed E-state index contributed by atoms with van der Waals surface area (Å²) in [6.07, 6.45) is 4.05. The van der Waals surface area contributed by atoms with Crippen LogP contribution in [0.25, 0.3) is 0 Å². The fourth-order valence-electron chi connectivity index (χ4n) is 3.42. The first kappa shape index (κ1) is 20.3. The predicted molar refractivity (Wildman–Crippen MR) is 103 cm³/mol. The molecular formula is C17H22Cl3N3O2. The van der Waals surface area contributed by atoms with Crippen LogP contribution in [0.5, 0.6) is 0 Å². The molecule has 1 saturated carbocycles. The molecule has 2 fully saturated rings. The number of carbonyl (C=O) groups is 2. The molecule has 0 radical (unpaired) electrons. The Morgan fingerprint density at radius 2 is 1.84 bits per heavy atom. The van der Waals surface area contributed by atoms with Crippen LogP contribution in [0.1, 0.15) is 32.1 Å². The van der Waals surface area contributed by atoms with Crippen molar-refractivity contribution in [3.63, 3.8) is 0 Å². The lowest BCUT2D eigenvalue weighted by atomic mass is 9.91. The molecule has 25 heavy (non-hydrogen) atoms. The molecule has 1 atom stereocenters. The molecule has 138 valence electrons. The molecule has 3 N–H and O–H groups in total. The number of amides is 2. The van der Waals surface area contributed by atoms with Crippen molar-refractivity contribution in [3.8, 4) is 0 Å². The molecule has 5 nitrogen and oxygen atoms in total. The second-order valence-corrected chi connectivity index (χ2v) is 7.39. The minimum Gasteiger partial charge on any atom is -0.353 e. The lowest BCUT2D eigenvalue weighted by molar-refractivity contribution is -0.132. The molecule has 8 heteroatoms. The number of anilines is 1. The quantitative estimate of drug-likeness (QED) is 0.757. The Bertz CT molecular complexity index is 648. The van der Waals surface area contributed by atoms with E-state index in [1.54, 1.807) is 23.1 Å². The smallest absolute Gasteiger partial charge is 0.239 e. The van der Waals surface area contributed by atoms with E-state index in [2.05, 4.69) is 5.32 Å². The normalized spacial score (nSPS) is 26.3. The number of nitrogens with two attached hydrogens (primary N) is 1. The molecule has 1 aromatic rings. The third kappa shape index (κ3) is 4.59. The molecule has 2 amide bonds. The van der Waals surface area contributed by atoms with Crippen LogP contribution in [0, 0.1) is 5.92 Å². The lowest BCUT2D eigenvalue weighted by Crippen LogP contribution is -2.44. The molecule has 1 aliphatic heterocycles. The minimum atomic E-state index is -0.657. The van der Waals surface area contributed by atoms with Crippen molar-refractivity contribution in [2.45, 2.75) is 44.2 Å². The van der Waals surface area contributed by atoms with Crippen LogP contribution in [0.15, 0.2) is 18.2 Å². The summed E-state index contributed by atoms with van der Waals surface area (Å²) in [5.74, 6) is -1.07. The van der Waals surface area contributed by atoms with Gasteiger partial charge in [0.15, 0.2) is 0 Å². The van der Waals surface area contributed by atoms with E-state index in [1.807, 2.05) is 0 Å². The Hall–Kier alpha value is -1.01. The molecule has 0 spiro atoms. The summed E-state index contributed by atoms with van der Waals surface area (Å²) in [5, 5.41) is 3.97. The molecule has 1 aliphatic carbocycles. The zero-order valence-corrected chi connectivity index (χ0v) is 16.0. The first-order valence-corrected chi connectivity index (χ1v) is 9.03. The summed E-state index contributed by atoms with van der Waals surface area (Å²) in [5.41, 5.74) is 6.45. The average molecular weight is 407 g/mol. The summed E-state index contributed by atoms with van der Waals surface area (Å²) in [4.78, 5) is 26.7. The monoisotopic (exact) mass is 405 g/mol. The van der Waals surface area contributed by atoms with E-state index in [4.69, 9.17) is 28.9 Å². The van der Waals surface area contributed by atoms with E-state index in [-0.39, 0.29) is 36.3 Å². The van der Waals surface area contributed by atoms with Gasteiger partial charge < -0.3 is 16.0 Å². The Labute approximate surface area is 163 Å². The van der Waals surface area contributed by atoms with Crippen LogP contribution in [-0.4, -0.2) is 30.4 Å². The van der Waals surface area contributed by atoms with Crippen LogP contribution < -0.4 is 16.0 Å². The number of nitrogens with zero attached hydrogens (tertiary/aromatic N) is 1. The minimum absolute atomic E-state index is 0. The summed E-state index contributed by atoms with van der Waals surface area (Å²) in [6, 6.07) is 5.34. The predicted octanol–water partition coefficient (Wildman–Crippen LogP) is 3.15. The van der Waals surface area contributed by atoms with Crippen LogP contribution in [0.4, 0.5) is 5.69 Å². The summed E-state index contributed by atoms with van der Waals surface area (Å²) in [7, 11) is 0. The van der Waals surface area contributed by atoms with Gasteiger partial charge in [0.1, 0.15) is 5.92 Å². The first-order chi connectivity index (χ1) is 11.5. The van der Waals surface area contributed by atoms with E-state index in [0.717, 1.165) is 25.7 Å². The molecule has 1 saturated heterocycles. The Morgan fingerprint density at radius 1 is 1.16 bits per heavy atom. The van der Waals surface area contributed by atoms with Gasteiger partial charge in [0.2, 0.25) is 11.8 Å². The van der Waals surface area contributed by atoms with Gasteiger partial charge in [0.05, 0.1) is 10.7 Å². The highest BCUT2D eigenvalue weighted by molar-refractivity contribution is 6.36. The lowest BCUT2D eigenvalue weighted by Gasteiger charge is -2.27. The Balaban J connectivity index is 0.00000225. The number of halogens is 3. The number of hydrogen-bond donors (Lipinski definition) is 2. The second kappa shape index (κ2) is 8.58. The Morgan fingerprint density at radius 3 is 2.52 bits per heavy atom. The van der Waals surface area contributed by atoms with E-state index in [1.165, 1.54) is 0 Å². The van der Waals surface area contributed by atoms with Crippen LogP contribution in [0.3, 0.4) is 0 Å². The van der Waals surface area contributed by atoms with Gasteiger partial charge in [-0.05, 0) is 50.3 Å². The van der Waals surface area contributed by atoms with Gasteiger partial charge in [-0.2, -0.15) is 0 Å². The van der Waals surface area contributed by atoms with E-state index in [9.17, 15) is 9.59 Å². The molecule has 0 bridgehead atoms. The molecule has 1 unspecified atom stereocenters. The fraction of sp³-hybridized carbons (Fsp3) is 0.529. The van der Waals surface area contributed by atoms with E-state index >= 15 is 0 Å². The zero-order valence-electron chi connectivity index (χ0n) is 13.7. The van der Waals surface area contributed by atoms with Gasteiger partial charge in [-0.15, -0.1) is 12.4 Å². The standard InChI is InChI=1S/C17H21Cl2N3O2.ClH/c18-10-1-6-14(19)15(9-10)22-8-7-13(17(22)24)16(23)21-12-4-2-11(20)3-5-12;/h1,6,9,11-13H,2-5,7-8,20H2,(H,21,23);1H. The van der Waals surface area contributed by atoms with Crippen LogP contribution in [-0.2, 0) is 9.59 Å². The summed E-state index contributed by atoms with van der Waals surface area (Å²) < 4.78 is 0. The van der Waals surface area contributed by atoms with E-state index in [0.29, 0.717) is 28.7 Å². The maximum Gasteiger partial charge on any atom is 0.239 e.